The molecular formula is C18H25N5O3. The van der Waals surface area contributed by atoms with Crippen molar-refractivity contribution in [3.05, 3.63) is 90.8 Å². The maximum Gasteiger partial charge on any atom is 0.354 e. The highest BCUT2D eigenvalue weighted by Crippen LogP contribution is 1.90. The van der Waals surface area contributed by atoms with Gasteiger partial charge in [-0.15, -0.1) is 0 Å². The Bertz CT molecular complexity index is 656. The van der Waals surface area contributed by atoms with Crippen LogP contribution in [0, 0.1) is 0 Å². The van der Waals surface area contributed by atoms with Crippen molar-refractivity contribution in [3.63, 3.8) is 0 Å². The van der Waals surface area contributed by atoms with Gasteiger partial charge in [-0.1, -0.05) is 25.6 Å². The van der Waals surface area contributed by atoms with E-state index in [4.69, 9.17) is 10.8 Å². The molecule has 0 bridgehead atoms. The molecule has 140 valence electrons. The molecule has 6 N–H and O–H groups in total. The summed E-state index contributed by atoms with van der Waals surface area (Å²) in [6.45, 7) is 0. The molecule has 8 nitrogen and oxygen atoms in total. The third kappa shape index (κ3) is 11.0. The van der Waals surface area contributed by atoms with Gasteiger partial charge in [0.15, 0.2) is 0 Å². The molecule has 0 saturated carbocycles. The van der Waals surface area contributed by atoms with Crippen molar-refractivity contribution in [2.45, 2.75) is 7.43 Å². The first kappa shape index (κ1) is 24.6. The van der Waals surface area contributed by atoms with E-state index in [1.54, 1.807) is 42.7 Å². The molecule has 3 aromatic rings. The molecule has 3 rings (SSSR count). The second kappa shape index (κ2) is 14.9. The first-order chi connectivity index (χ1) is 11.6. The number of primary amides is 1. The first-order valence-electron chi connectivity index (χ1n) is 6.81. The van der Waals surface area contributed by atoms with Crippen LogP contribution in [0.25, 0.3) is 0 Å². The molecule has 0 aromatic carbocycles. The van der Waals surface area contributed by atoms with Gasteiger partial charge in [0.25, 0.3) is 5.91 Å². The Morgan fingerprint density at radius 3 is 1.46 bits per heavy atom. The van der Waals surface area contributed by atoms with Crippen LogP contribution in [-0.2, 0) is 0 Å². The number of aromatic nitrogens is 3. The molecule has 0 unspecified atom stereocenters. The second-order valence-electron chi connectivity index (χ2n) is 4.12. The Morgan fingerprint density at radius 2 is 1.27 bits per heavy atom. The monoisotopic (exact) mass is 360 g/mol. The summed E-state index contributed by atoms with van der Waals surface area (Å²) in [5.41, 5.74) is 5.30. The van der Waals surface area contributed by atoms with E-state index in [9.17, 15) is 9.59 Å². The third-order valence-corrected chi connectivity index (χ3v) is 2.37. The van der Waals surface area contributed by atoms with Crippen molar-refractivity contribution >= 4 is 11.9 Å². The topological polar surface area (TPSA) is 154 Å². The number of hydrogen-bond donors (Lipinski definition) is 3. The Morgan fingerprint density at radius 1 is 0.808 bits per heavy atom. The van der Waals surface area contributed by atoms with Gasteiger partial charge in [0, 0.05) is 26.2 Å². The average Bonchev–Trinajstić information content (AvgIpc) is 2.65. The maximum atomic E-state index is 10.4. The van der Waals surface area contributed by atoms with Crippen LogP contribution in [0.1, 0.15) is 29.8 Å². The summed E-state index contributed by atoms with van der Waals surface area (Å²) in [6.07, 6.45) is 6.48. The minimum Gasteiger partial charge on any atom is -0.477 e. The van der Waals surface area contributed by atoms with Gasteiger partial charge in [-0.25, -0.2) is 9.78 Å². The van der Waals surface area contributed by atoms with E-state index in [1.807, 2.05) is 18.2 Å². The Labute approximate surface area is 153 Å². The zero-order valence-corrected chi connectivity index (χ0v) is 13.4. The number of nitrogens with zero attached hydrogens (tertiary/aromatic N) is 3. The van der Waals surface area contributed by atoms with Gasteiger partial charge in [-0.3, -0.25) is 14.8 Å². The van der Waals surface area contributed by atoms with Crippen LogP contribution in [-0.4, -0.2) is 31.9 Å². The molecule has 3 heterocycles. The number of aromatic carboxylic acids is 1. The molecule has 0 spiro atoms. The molecule has 0 atom stereocenters. The largest absolute Gasteiger partial charge is 0.477 e. The van der Waals surface area contributed by atoms with Gasteiger partial charge >= 0.3 is 5.97 Å². The molecule has 0 aliphatic heterocycles. The van der Waals surface area contributed by atoms with E-state index in [0.29, 0.717) is 5.69 Å². The summed E-state index contributed by atoms with van der Waals surface area (Å²) in [5, 5.41) is 8.32. The number of carboxylic acid groups (broad SMARTS) is 1. The number of rotatable bonds is 2. The molecule has 0 aliphatic rings. The molecule has 8 heteroatoms. The van der Waals surface area contributed by atoms with Gasteiger partial charge in [0.2, 0.25) is 0 Å². The summed E-state index contributed by atoms with van der Waals surface area (Å²) < 4.78 is 0. The number of carbonyl (C=O) groups is 2. The standard InChI is InChI=1S/C6H6N2O.C6H5NO2.C5H5N.CH4.H3N.H2/c7-6(9)5-3-1-2-4-8-5;8-6(9)5-3-1-2-4-7-5;1-2-4-6-5-3-1;;;/h1-4H,(H2,7,9);1-4H,(H,8,9);1-5H;1H4;1H3;1H/i;;;;;1+1. The molecule has 0 saturated heterocycles. The molecule has 0 radical (unpaired) electrons. The van der Waals surface area contributed by atoms with E-state index in [2.05, 4.69) is 15.0 Å². The van der Waals surface area contributed by atoms with E-state index in [0.717, 1.165) is 0 Å². The fourth-order valence-electron chi connectivity index (χ4n) is 1.31. The smallest absolute Gasteiger partial charge is 0.354 e. The predicted octanol–water partition coefficient (Wildman–Crippen LogP) is 3.09. The van der Waals surface area contributed by atoms with Gasteiger partial charge in [0.1, 0.15) is 11.4 Å². The van der Waals surface area contributed by atoms with Crippen LogP contribution < -0.4 is 11.9 Å². The molecule has 3 aromatic heterocycles. The van der Waals surface area contributed by atoms with Crippen molar-refractivity contribution in [3.8, 4) is 0 Å². The zero-order chi connectivity index (χ0) is 17.6. The van der Waals surface area contributed by atoms with Crippen LogP contribution in [0.2, 0.25) is 0 Å². The minimum atomic E-state index is -0.990. The average molecular weight is 360 g/mol. The highest BCUT2D eigenvalue weighted by molar-refractivity contribution is 5.90. The number of carbonyl (C=O) groups excluding carboxylic acids is 1. The van der Waals surface area contributed by atoms with Gasteiger partial charge in [-0.05, 0) is 36.4 Å². The Balaban J connectivity index is -0.000000309. The predicted molar refractivity (Wildman–Crippen MR) is 102 cm³/mol. The number of amides is 1. The molecule has 0 aliphatic carbocycles. The third-order valence-electron chi connectivity index (χ3n) is 2.37. The van der Waals surface area contributed by atoms with E-state index in [-0.39, 0.29) is 20.7 Å². The lowest BCUT2D eigenvalue weighted by molar-refractivity contribution is 0.0690. The minimum absolute atomic E-state index is 0. The molecule has 1 amide bonds. The van der Waals surface area contributed by atoms with E-state index in [1.165, 1.54) is 18.5 Å². The molecule has 0 fully saturated rings. The number of nitrogens with two attached hydrogens (primary N) is 1. The number of hydrogen-bond acceptors (Lipinski definition) is 6. The van der Waals surface area contributed by atoms with E-state index >= 15 is 0 Å². The highest BCUT2D eigenvalue weighted by atomic mass is 16.4. The summed E-state index contributed by atoms with van der Waals surface area (Å²) in [6, 6.07) is 15.5. The maximum absolute atomic E-state index is 10.4. The number of carboxylic acids is 1. The van der Waals surface area contributed by atoms with Crippen molar-refractivity contribution in [1.82, 2.24) is 21.1 Å². The molecule has 26 heavy (non-hydrogen) atoms. The Kier molecular flexibility index (Phi) is 14.1. The van der Waals surface area contributed by atoms with Crippen molar-refractivity contribution in [2.75, 3.05) is 0 Å². The van der Waals surface area contributed by atoms with Crippen LogP contribution in [0.15, 0.2) is 79.4 Å². The second-order valence-corrected chi connectivity index (χ2v) is 4.12. The summed E-state index contributed by atoms with van der Waals surface area (Å²) in [7, 11) is 0. The normalized spacial score (nSPS) is 8.00. The lowest BCUT2D eigenvalue weighted by Gasteiger charge is -1.88. The van der Waals surface area contributed by atoms with Crippen LogP contribution in [0.3, 0.4) is 0 Å². The van der Waals surface area contributed by atoms with Gasteiger partial charge < -0.3 is 17.0 Å². The SMILES string of the molecule is C.N.NC(=O)c1ccccn1.O=C(O)c1ccccn1.[2HH].c1ccncc1. The lowest BCUT2D eigenvalue weighted by Crippen LogP contribution is -2.12. The summed E-state index contributed by atoms with van der Waals surface area (Å²) >= 11 is 0. The summed E-state index contributed by atoms with van der Waals surface area (Å²) in [5.74, 6) is -1.48. The molecular weight excluding hydrogens is 334 g/mol. The quantitative estimate of drug-likeness (QED) is 0.634. The number of pyridine rings is 3. The van der Waals surface area contributed by atoms with Crippen molar-refractivity contribution in [2.24, 2.45) is 5.73 Å². The lowest BCUT2D eigenvalue weighted by atomic mass is 10.3. The first-order valence-corrected chi connectivity index (χ1v) is 6.81. The van der Waals surface area contributed by atoms with Gasteiger partial charge in [0.05, 0.1) is 0 Å². The van der Waals surface area contributed by atoms with Crippen LogP contribution in [0.4, 0.5) is 0 Å². The highest BCUT2D eigenvalue weighted by Gasteiger charge is 1.99. The van der Waals surface area contributed by atoms with Crippen molar-refractivity contribution < 1.29 is 16.1 Å². The fourth-order valence-corrected chi connectivity index (χ4v) is 1.31. The van der Waals surface area contributed by atoms with Gasteiger partial charge in [-0.2, -0.15) is 0 Å². The Hall–Kier alpha value is -3.65. The van der Waals surface area contributed by atoms with Crippen molar-refractivity contribution in [1.29, 1.82) is 0 Å². The summed E-state index contributed by atoms with van der Waals surface area (Å²) in [4.78, 5) is 31.6. The van der Waals surface area contributed by atoms with Crippen LogP contribution in [0.5, 0.6) is 0 Å². The fraction of sp³-hybridized carbons (Fsp3) is 0.0556. The zero-order valence-electron chi connectivity index (χ0n) is 13.4. The van der Waals surface area contributed by atoms with Crippen LogP contribution >= 0.6 is 0 Å². The van der Waals surface area contributed by atoms with E-state index < -0.39 is 11.9 Å².